The van der Waals surface area contributed by atoms with Crippen molar-refractivity contribution >= 4 is 46.1 Å². The van der Waals surface area contributed by atoms with Gasteiger partial charge in [0.25, 0.3) is 11.8 Å². The number of esters is 1. The second kappa shape index (κ2) is 10.5. The summed E-state index contributed by atoms with van der Waals surface area (Å²) in [5.41, 5.74) is 0.962. The Hall–Kier alpha value is -2.62. The van der Waals surface area contributed by atoms with Gasteiger partial charge in [-0.15, -0.1) is 0 Å². The number of para-hydroxylation sites is 2. The molecule has 0 bridgehead atoms. The van der Waals surface area contributed by atoms with E-state index in [1.54, 1.807) is 42.5 Å². The number of amides is 2. The highest BCUT2D eigenvalue weighted by Crippen LogP contribution is 2.23. The van der Waals surface area contributed by atoms with Crippen LogP contribution >= 0.6 is 22.6 Å². The Kier molecular flexibility index (Phi) is 8.05. The minimum Gasteiger partial charge on any atom is -0.492 e. The van der Waals surface area contributed by atoms with Crippen molar-refractivity contribution in [1.82, 2.24) is 5.32 Å². The van der Waals surface area contributed by atoms with Crippen LogP contribution < -0.4 is 15.4 Å². The van der Waals surface area contributed by atoms with Gasteiger partial charge in [-0.1, -0.05) is 24.3 Å². The van der Waals surface area contributed by atoms with Crippen molar-refractivity contribution in [1.29, 1.82) is 0 Å². The maximum atomic E-state index is 12.0. The quantitative estimate of drug-likeness (QED) is 0.446. The lowest BCUT2D eigenvalue weighted by molar-refractivity contribution is -0.146. The lowest BCUT2D eigenvalue weighted by Crippen LogP contribution is -2.32. The van der Waals surface area contributed by atoms with Gasteiger partial charge in [0.15, 0.2) is 6.61 Å². The maximum Gasteiger partial charge on any atom is 0.325 e. The number of carbonyl (C=O) groups is 3. The Morgan fingerprint density at radius 3 is 2.48 bits per heavy atom. The van der Waals surface area contributed by atoms with Gasteiger partial charge in [-0.25, -0.2) is 0 Å². The average Bonchev–Trinajstić information content (AvgIpc) is 2.66. The molecule has 0 saturated carbocycles. The van der Waals surface area contributed by atoms with Crippen LogP contribution in [0.2, 0.25) is 0 Å². The molecular formula is C19H19IN2O5. The molecule has 2 rings (SSSR count). The number of nitrogens with one attached hydrogen (secondary N) is 2. The number of benzene rings is 2. The molecule has 0 heterocycles. The molecule has 27 heavy (non-hydrogen) atoms. The van der Waals surface area contributed by atoms with E-state index in [4.69, 9.17) is 9.47 Å². The second-order valence-electron chi connectivity index (χ2n) is 5.30. The van der Waals surface area contributed by atoms with Gasteiger partial charge in [-0.3, -0.25) is 14.4 Å². The molecule has 0 saturated heterocycles. The highest BCUT2D eigenvalue weighted by atomic mass is 127. The fourth-order valence-corrected chi connectivity index (χ4v) is 2.76. The monoisotopic (exact) mass is 482 g/mol. The van der Waals surface area contributed by atoms with E-state index >= 15 is 0 Å². The Morgan fingerprint density at radius 2 is 1.74 bits per heavy atom. The molecule has 0 aliphatic rings. The van der Waals surface area contributed by atoms with Gasteiger partial charge in [-0.05, 0) is 53.8 Å². The highest BCUT2D eigenvalue weighted by molar-refractivity contribution is 14.1. The Balaban J connectivity index is 1.78. The highest BCUT2D eigenvalue weighted by Gasteiger charge is 2.13. The fraction of sp³-hybridized carbons (Fsp3) is 0.211. The second-order valence-corrected chi connectivity index (χ2v) is 6.46. The molecular weight excluding hydrogens is 463 g/mol. The number of halogens is 1. The largest absolute Gasteiger partial charge is 0.492 e. The SMILES string of the molecule is CCOc1ccccc1NC(=O)COC(=O)CNC(=O)c1ccccc1I. The van der Waals surface area contributed by atoms with Gasteiger partial charge in [0, 0.05) is 3.57 Å². The van der Waals surface area contributed by atoms with Gasteiger partial charge in [-0.2, -0.15) is 0 Å². The molecule has 0 aromatic heterocycles. The van der Waals surface area contributed by atoms with E-state index in [0.717, 1.165) is 3.57 Å². The Bertz CT molecular complexity index is 825. The van der Waals surface area contributed by atoms with E-state index in [-0.39, 0.29) is 12.5 Å². The zero-order chi connectivity index (χ0) is 19.6. The first-order chi connectivity index (χ1) is 13.0. The van der Waals surface area contributed by atoms with Crippen LogP contribution in [0, 0.1) is 3.57 Å². The molecule has 0 radical (unpaired) electrons. The fourth-order valence-electron chi connectivity index (χ4n) is 2.13. The van der Waals surface area contributed by atoms with Crippen molar-refractivity contribution in [3.63, 3.8) is 0 Å². The van der Waals surface area contributed by atoms with Crippen LogP contribution in [0.1, 0.15) is 17.3 Å². The standard InChI is InChI=1S/C19H19IN2O5/c1-2-26-16-10-6-5-9-15(16)22-17(23)12-27-18(24)11-21-19(25)13-7-3-4-8-14(13)20/h3-10H,2,11-12H2,1H3,(H,21,25)(H,22,23). The summed E-state index contributed by atoms with van der Waals surface area (Å²) >= 11 is 2.04. The van der Waals surface area contributed by atoms with Crippen molar-refractivity contribution in [3.05, 3.63) is 57.7 Å². The normalized spacial score (nSPS) is 10.0. The van der Waals surface area contributed by atoms with Crippen molar-refractivity contribution in [2.24, 2.45) is 0 Å². The molecule has 2 N–H and O–H groups in total. The first-order valence-corrected chi connectivity index (χ1v) is 9.29. The molecule has 2 aromatic rings. The van der Waals surface area contributed by atoms with E-state index in [1.165, 1.54) is 0 Å². The van der Waals surface area contributed by atoms with E-state index in [2.05, 4.69) is 10.6 Å². The van der Waals surface area contributed by atoms with E-state index in [0.29, 0.717) is 23.6 Å². The van der Waals surface area contributed by atoms with Gasteiger partial charge in [0.1, 0.15) is 12.3 Å². The lowest BCUT2D eigenvalue weighted by atomic mass is 10.2. The zero-order valence-electron chi connectivity index (χ0n) is 14.7. The molecule has 2 amide bonds. The molecule has 0 spiro atoms. The average molecular weight is 482 g/mol. The van der Waals surface area contributed by atoms with Crippen LogP contribution in [-0.4, -0.2) is 37.5 Å². The van der Waals surface area contributed by atoms with Gasteiger partial charge < -0.3 is 20.1 Å². The molecule has 8 heteroatoms. The van der Waals surface area contributed by atoms with E-state index in [1.807, 2.05) is 35.6 Å². The summed E-state index contributed by atoms with van der Waals surface area (Å²) in [7, 11) is 0. The third-order valence-corrected chi connectivity index (χ3v) is 4.28. The summed E-state index contributed by atoms with van der Waals surface area (Å²) in [6.45, 7) is 1.51. The number of ether oxygens (including phenoxy) is 2. The first kappa shape index (κ1) is 20.7. The van der Waals surface area contributed by atoms with E-state index in [9.17, 15) is 14.4 Å². The Morgan fingerprint density at radius 1 is 1.04 bits per heavy atom. The molecule has 142 valence electrons. The predicted octanol–water partition coefficient (Wildman–Crippen LogP) is 2.60. The topological polar surface area (TPSA) is 93.7 Å². The van der Waals surface area contributed by atoms with Crippen molar-refractivity contribution in [3.8, 4) is 5.75 Å². The minimum absolute atomic E-state index is 0.327. The summed E-state index contributed by atoms with van der Waals surface area (Å²) in [5, 5.41) is 5.09. The van der Waals surface area contributed by atoms with Crippen LogP contribution in [0.15, 0.2) is 48.5 Å². The molecule has 0 aliphatic carbocycles. The maximum absolute atomic E-state index is 12.0. The van der Waals surface area contributed by atoms with Crippen LogP contribution in [0.25, 0.3) is 0 Å². The smallest absolute Gasteiger partial charge is 0.325 e. The summed E-state index contributed by atoms with van der Waals surface area (Å²) in [4.78, 5) is 35.7. The summed E-state index contributed by atoms with van der Waals surface area (Å²) < 4.78 is 11.1. The third-order valence-electron chi connectivity index (χ3n) is 3.34. The van der Waals surface area contributed by atoms with Gasteiger partial charge >= 0.3 is 5.97 Å². The lowest BCUT2D eigenvalue weighted by Gasteiger charge is -2.11. The number of carbonyl (C=O) groups excluding carboxylic acids is 3. The zero-order valence-corrected chi connectivity index (χ0v) is 16.8. The number of hydrogen-bond acceptors (Lipinski definition) is 5. The summed E-state index contributed by atoms with van der Waals surface area (Å²) in [6.07, 6.45) is 0. The van der Waals surface area contributed by atoms with Crippen LogP contribution in [0.3, 0.4) is 0 Å². The van der Waals surface area contributed by atoms with Crippen molar-refractivity contribution in [2.75, 3.05) is 25.1 Å². The van der Waals surface area contributed by atoms with E-state index < -0.39 is 18.5 Å². The predicted molar refractivity (Wildman–Crippen MR) is 109 cm³/mol. The van der Waals surface area contributed by atoms with Gasteiger partial charge in [0.2, 0.25) is 0 Å². The number of anilines is 1. The molecule has 0 aliphatic heterocycles. The molecule has 0 fully saturated rings. The molecule has 0 unspecified atom stereocenters. The Labute approximate surface area is 170 Å². The number of rotatable bonds is 8. The summed E-state index contributed by atoms with van der Waals surface area (Å²) in [6, 6.07) is 14.0. The first-order valence-electron chi connectivity index (χ1n) is 8.21. The summed E-state index contributed by atoms with van der Waals surface area (Å²) in [5.74, 6) is -1.06. The minimum atomic E-state index is -0.706. The van der Waals surface area contributed by atoms with Crippen LogP contribution in [0.5, 0.6) is 5.75 Å². The van der Waals surface area contributed by atoms with Gasteiger partial charge in [0.05, 0.1) is 17.9 Å². The van der Waals surface area contributed by atoms with Crippen LogP contribution in [0.4, 0.5) is 5.69 Å². The molecule has 0 atom stereocenters. The van der Waals surface area contributed by atoms with Crippen LogP contribution in [-0.2, 0) is 14.3 Å². The molecule has 7 nitrogen and oxygen atoms in total. The molecule has 2 aromatic carbocycles. The third kappa shape index (κ3) is 6.55. The van der Waals surface area contributed by atoms with Crippen molar-refractivity contribution in [2.45, 2.75) is 6.92 Å². The van der Waals surface area contributed by atoms with Crippen molar-refractivity contribution < 1.29 is 23.9 Å². The number of hydrogen-bond donors (Lipinski definition) is 2.